The maximum absolute atomic E-state index is 5.78. The first-order chi connectivity index (χ1) is 16.0. The molecule has 1 unspecified atom stereocenters. The van der Waals surface area contributed by atoms with Crippen molar-refractivity contribution in [2.45, 2.75) is 58.3 Å². The standard InChI is InChI=1S/C30H41N2O/c1-24(2)19-21-32-27-16-8-7-15-26(27)30(3,20-10-9-14-25-12-5-6-13-25)28(32)17-11-18-29-31(4)22-23-33-29/h5-8,11-13,15-18,24-25H,9-10,14,19-23H2,1-4H3/q+1. The fraction of sp³-hybridized carbons (Fsp3) is 0.500. The maximum atomic E-state index is 5.78. The first kappa shape index (κ1) is 23.6. The number of nitrogens with zero attached hydrogens (tertiary/aromatic N) is 2. The molecule has 0 N–H and O–H groups in total. The van der Waals surface area contributed by atoms with Crippen molar-refractivity contribution in [3.05, 3.63) is 78.1 Å². The van der Waals surface area contributed by atoms with Crippen LogP contribution in [0.4, 0.5) is 5.69 Å². The van der Waals surface area contributed by atoms with Gasteiger partial charge in [-0.2, -0.15) is 4.58 Å². The molecule has 0 aromatic heterocycles. The normalized spacial score (nSPS) is 23.7. The van der Waals surface area contributed by atoms with Crippen molar-refractivity contribution in [2.75, 3.05) is 31.6 Å². The van der Waals surface area contributed by atoms with Crippen LogP contribution in [0.3, 0.4) is 0 Å². The quantitative estimate of drug-likeness (QED) is 0.297. The first-order valence-electron chi connectivity index (χ1n) is 12.8. The van der Waals surface area contributed by atoms with Crippen LogP contribution in [-0.4, -0.2) is 37.2 Å². The highest BCUT2D eigenvalue weighted by atomic mass is 16.5. The Hall–Kier alpha value is -2.55. The number of benzene rings is 1. The second-order valence-electron chi connectivity index (χ2n) is 10.4. The minimum atomic E-state index is 0.0341. The summed E-state index contributed by atoms with van der Waals surface area (Å²) in [6, 6.07) is 9.07. The van der Waals surface area contributed by atoms with Gasteiger partial charge in [0.25, 0.3) is 0 Å². The lowest BCUT2D eigenvalue weighted by Gasteiger charge is -2.31. The first-order valence-corrected chi connectivity index (χ1v) is 12.8. The fourth-order valence-electron chi connectivity index (χ4n) is 5.34. The minimum Gasteiger partial charge on any atom is -0.438 e. The highest BCUT2D eigenvalue weighted by Crippen LogP contribution is 2.50. The zero-order chi connectivity index (χ0) is 23.3. The highest BCUT2D eigenvalue weighted by molar-refractivity contribution is 5.84. The maximum Gasteiger partial charge on any atom is 0.362 e. The van der Waals surface area contributed by atoms with Crippen LogP contribution in [0.15, 0.2) is 72.5 Å². The van der Waals surface area contributed by atoms with Crippen LogP contribution in [0.2, 0.25) is 0 Å². The van der Waals surface area contributed by atoms with E-state index < -0.39 is 0 Å². The van der Waals surface area contributed by atoms with E-state index in [1.165, 1.54) is 49.1 Å². The molecule has 2 aliphatic heterocycles. The van der Waals surface area contributed by atoms with Crippen LogP contribution in [0.25, 0.3) is 0 Å². The summed E-state index contributed by atoms with van der Waals surface area (Å²) in [7, 11) is 2.10. The summed E-state index contributed by atoms with van der Waals surface area (Å²) in [5.74, 6) is 2.29. The topological polar surface area (TPSA) is 15.5 Å². The Labute approximate surface area is 200 Å². The molecule has 1 aliphatic carbocycles. The van der Waals surface area contributed by atoms with Gasteiger partial charge in [0.15, 0.2) is 13.2 Å². The Balaban J connectivity index is 1.59. The second-order valence-corrected chi connectivity index (χ2v) is 10.4. The van der Waals surface area contributed by atoms with Gasteiger partial charge < -0.3 is 9.64 Å². The molecule has 1 atom stereocenters. The van der Waals surface area contributed by atoms with E-state index in [0.717, 1.165) is 25.6 Å². The Morgan fingerprint density at radius 2 is 1.97 bits per heavy atom. The Morgan fingerprint density at radius 3 is 2.70 bits per heavy atom. The summed E-state index contributed by atoms with van der Waals surface area (Å²) in [5.41, 5.74) is 4.34. The smallest absolute Gasteiger partial charge is 0.362 e. The summed E-state index contributed by atoms with van der Waals surface area (Å²) in [6.07, 6.45) is 21.8. The number of allylic oxidation sites excluding steroid dienone is 7. The van der Waals surface area contributed by atoms with Crippen LogP contribution in [0, 0.1) is 11.8 Å². The molecule has 3 nitrogen and oxygen atoms in total. The molecule has 1 aromatic rings. The lowest BCUT2D eigenvalue weighted by molar-refractivity contribution is -0.486. The number of hydrogen-bond acceptors (Lipinski definition) is 2. The van der Waals surface area contributed by atoms with Gasteiger partial charge in [-0.15, -0.1) is 0 Å². The molecule has 4 rings (SSSR count). The minimum absolute atomic E-state index is 0.0341. The molecule has 1 aromatic carbocycles. The second kappa shape index (κ2) is 10.6. The average molecular weight is 446 g/mol. The van der Waals surface area contributed by atoms with Crippen LogP contribution in [0.1, 0.15) is 58.4 Å². The predicted octanol–water partition coefficient (Wildman–Crippen LogP) is 6.62. The van der Waals surface area contributed by atoms with Gasteiger partial charge in [0.2, 0.25) is 0 Å². The largest absolute Gasteiger partial charge is 0.438 e. The third-order valence-corrected chi connectivity index (χ3v) is 7.41. The van der Waals surface area contributed by atoms with E-state index in [-0.39, 0.29) is 5.41 Å². The van der Waals surface area contributed by atoms with Gasteiger partial charge in [0.05, 0.1) is 0 Å². The molecule has 0 radical (unpaired) electrons. The molecule has 0 bridgehead atoms. The van der Waals surface area contributed by atoms with Crippen molar-refractivity contribution in [2.24, 2.45) is 11.8 Å². The molecule has 0 fully saturated rings. The summed E-state index contributed by atoms with van der Waals surface area (Å²) >= 11 is 0. The SMILES string of the molecule is CC(C)CCN1C(=CC=CC2=[N+](C)CCO2)C(C)(CCCCC2C=CC=C2)c2ccccc21. The van der Waals surface area contributed by atoms with E-state index in [1.54, 1.807) is 0 Å². The Bertz CT molecular complexity index is 969. The van der Waals surface area contributed by atoms with Crippen LogP contribution < -0.4 is 4.90 Å². The molecular formula is C30H41N2O+. The molecule has 2 heterocycles. The molecule has 0 amide bonds. The van der Waals surface area contributed by atoms with E-state index in [2.05, 4.69) is 104 Å². The fourth-order valence-corrected chi connectivity index (χ4v) is 5.34. The van der Waals surface area contributed by atoms with Gasteiger partial charge in [0, 0.05) is 29.4 Å². The summed E-state index contributed by atoms with van der Waals surface area (Å²) in [5, 5.41) is 0. The van der Waals surface area contributed by atoms with Gasteiger partial charge >= 0.3 is 5.90 Å². The van der Waals surface area contributed by atoms with Crippen molar-refractivity contribution in [1.82, 2.24) is 0 Å². The number of fused-ring (bicyclic) bond motifs is 1. The summed E-state index contributed by atoms with van der Waals surface area (Å²) < 4.78 is 7.96. The van der Waals surface area contributed by atoms with Crippen molar-refractivity contribution >= 4 is 11.6 Å². The van der Waals surface area contributed by atoms with E-state index >= 15 is 0 Å². The number of anilines is 1. The number of hydrogen-bond donors (Lipinski definition) is 0. The molecule has 33 heavy (non-hydrogen) atoms. The number of unbranched alkanes of at least 4 members (excludes halogenated alkanes) is 1. The number of likely N-dealkylation sites (N-methyl/N-ethyl adjacent to an activating group) is 1. The lowest BCUT2D eigenvalue weighted by atomic mass is 9.77. The van der Waals surface area contributed by atoms with E-state index in [9.17, 15) is 0 Å². The zero-order valence-electron chi connectivity index (χ0n) is 21.0. The molecule has 0 saturated carbocycles. The third kappa shape index (κ3) is 5.34. The summed E-state index contributed by atoms with van der Waals surface area (Å²) in [4.78, 5) is 2.59. The Morgan fingerprint density at radius 1 is 1.18 bits per heavy atom. The van der Waals surface area contributed by atoms with E-state index in [1.807, 2.05) is 0 Å². The van der Waals surface area contributed by atoms with Crippen LogP contribution >= 0.6 is 0 Å². The van der Waals surface area contributed by atoms with Gasteiger partial charge in [-0.05, 0) is 55.7 Å². The molecule has 176 valence electrons. The van der Waals surface area contributed by atoms with Crippen LogP contribution in [0.5, 0.6) is 0 Å². The monoisotopic (exact) mass is 445 g/mol. The molecule has 0 spiro atoms. The number of ether oxygens (including phenoxy) is 1. The third-order valence-electron chi connectivity index (χ3n) is 7.41. The van der Waals surface area contributed by atoms with Gasteiger partial charge in [0.1, 0.15) is 7.05 Å². The van der Waals surface area contributed by atoms with E-state index in [4.69, 9.17) is 4.74 Å². The zero-order valence-corrected chi connectivity index (χ0v) is 21.0. The number of rotatable bonds is 10. The average Bonchev–Trinajstić information content (AvgIpc) is 3.51. The molecular weight excluding hydrogens is 404 g/mol. The number of para-hydroxylation sites is 1. The molecule has 3 aliphatic rings. The van der Waals surface area contributed by atoms with Gasteiger partial charge in [-0.3, -0.25) is 0 Å². The highest BCUT2D eigenvalue weighted by Gasteiger charge is 2.42. The summed E-state index contributed by atoms with van der Waals surface area (Å²) in [6.45, 7) is 9.91. The van der Waals surface area contributed by atoms with Crippen molar-refractivity contribution in [3.8, 4) is 0 Å². The Kier molecular flexibility index (Phi) is 7.57. The molecule has 0 saturated heterocycles. The van der Waals surface area contributed by atoms with E-state index in [0.29, 0.717) is 11.8 Å². The van der Waals surface area contributed by atoms with Gasteiger partial charge in [-0.25, -0.2) is 0 Å². The predicted molar refractivity (Wildman–Crippen MR) is 140 cm³/mol. The lowest BCUT2D eigenvalue weighted by Crippen LogP contribution is -2.30. The molecule has 3 heteroatoms. The van der Waals surface area contributed by atoms with Gasteiger partial charge in [-0.1, -0.05) is 75.3 Å². The van der Waals surface area contributed by atoms with Crippen molar-refractivity contribution < 1.29 is 9.31 Å². The van der Waals surface area contributed by atoms with Crippen molar-refractivity contribution in [1.29, 1.82) is 0 Å². The van der Waals surface area contributed by atoms with Crippen molar-refractivity contribution in [3.63, 3.8) is 0 Å². The van der Waals surface area contributed by atoms with Crippen LogP contribution in [-0.2, 0) is 10.2 Å².